The second-order valence-electron chi connectivity index (χ2n) is 4.76. The number of nitrogens with two attached hydrogens (primary N) is 1. The van der Waals surface area contributed by atoms with Crippen molar-refractivity contribution in [2.75, 3.05) is 5.73 Å². The quantitative estimate of drug-likeness (QED) is 0.856. The number of aromatic nitrogens is 2. The highest BCUT2D eigenvalue weighted by atomic mass is 32.2. The summed E-state index contributed by atoms with van der Waals surface area (Å²) in [5.41, 5.74) is 8.86. The molecule has 5 heteroatoms. The predicted octanol–water partition coefficient (Wildman–Crippen LogP) is 3.10. The lowest BCUT2D eigenvalue weighted by atomic mass is 9.91. The average molecular weight is 282 g/mol. The second kappa shape index (κ2) is 5.51. The summed E-state index contributed by atoms with van der Waals surface area (Å²) in [6.07, 6.45) is 4.94. The van der Waals surface area contributed by atoms with Gasteiger partial charge in [0.1, 0.15) is 17.5 Å². The van der Waals surface area contributed by atoms with Crippen LogP contribution in [-0.4, -0.2) is 9.97 Å². The van der Waals surface area contributed by atoms with Crippen LogP contribution in [0.5, 0.6) is 0 Å². The van der Waals surface area contributed by atoms with Crippen molar-refractivity contribution in [3.63, 3.8) is 0 Å². The maximum Gasteiger partial charge on any atom is 0.190 e. The summed E-state index contributed by atoms with van der Waals surface area (Å²) in [6.45, 7) is 0. The van der Waals surface area contributed by atoms with Crippen LogP contribution in [-0.2, 0) is 6.42 Å². The molecule has 0 spiro atoms. The van der Waals surface area contributed by atoms with E-state index in [1.807, 2.05) is 6.07 Å². The molecular weight excluding hydrogens is 268 g/mol. The van der Waals surface area contributed by atoms with Gasteiger partial charge in [0.25, 0.3) is 0 Å². The van der Waals surface area contributed by atoms with Crippen molar-refractivity contribution in [1.82, 2.24) is 9.97 Å². The number of fused-ring (bicyclic) bond motifs is 1. The first-order valence-electron chi connectivity index (χ1n) is 6.55. The fourth-order valence-corrected chi connectivity index (χ4v) is 3.64. The summed E-state index contributed by atoms with van der Waals surface area (Å²) in [5, 5.41) is 9.85. The maximum atomic E-state index is 8.84. The van der Waals surface area contributed by atoms with Crippen molar-refractivity contribution in [3.05, 3.63) is 47.2 Å². The lowest BCUT2D eigenvalue weighted by Gasteiger charge is -2.24. The Morgan fingerprint density at radius 2 is 2.20 bits per heavy atom. The topological polar surface area (TPSA) is 75.6 Å². The van der Waals surface area contributed by atoms with E-state index in [9.17, 15) is 0 Å². The monoisotopic (exact) mass is 282 g/mol. The molecule has 3 rings (SSSR count). The average Bonchev–Trinajstić information content (AvgIpc) is 2.48. The van der Waals surface area contributed by atoms with Crippen molar-refractivity contribution in [2.24, 2.45) is 0 Å². The molecule has 1 aliphatic carbocycles. The largest absolute Gasteiger partial charge is 0.382 e. The molecular formula is C15H14N4S. The van der Waals surface area contributed by atoms with Crippen LogP contribution in [0.25, 0.3) is 0 Å². The fraction of sp³-hybridized carbons (Fsp3) is 0.267. The standard InChI is InChI=1S/C15H14N4S/c16-8-11-9-18-15(19-14(11)17)20-13-7-3-5-10-4-1-2-6-12(10)13/h1-2,4,6,9,13H,3,5,7H2,(H2,17,18,19)/t13-/m1/s1. The zero-order chi connectivity index (χ0) is 13.9. The highest BCUT2D eigenvalue weighted by molar-refractivity contribution is 7.99. The van der Waals surface area contributed by atoms with Gasteiger partial charge >= 0.3 is 0 Å². The van der Waals surface area contributed by atoms with E-state index in [1.54, 1.807) is 11.8 Å². The van der Waals surface area contributed by atoms with E-state index in [-0.39, 0.29) is 5.82 Å². The number of rotatable bonds is 2. The molecule has 1 aromatic heterocycles. The van der Waals surface area contributed by atoms with Crippen LogP contribution in [0, 0.1) is 11.3 Å². The Morgan fingerprint density at radius 3 is 3.00 bits per heavy atom. The van der Waals surface area contributed by atoms with Gasteiger partial charge in [-0.15, -0.1) is 0 Å². The van der Waals surface area contributed by atoms with E-state index in [2.05, 4.69) is 34.2 Å². The van der Waals surface area contributed by atoms with Crippen LogP contribution < -0.4 is 5.73 Å². The number of nitriles is 1. The van der Waals surface area contributed by atoms with Gasteiger partial charge in [-0.05, 0) is 30.4 Å². The predicted molar refractivity (Wildman–Crippen MR) is 79.1 cm³/mol. The maximum absolute atomic E-state index is 8.84. The van der Waals surface area contributed by atoms with Crippen LogP contribution in [0.4, 0.5) is 5.82 Å². The molecule has 2 N–H and O–H groups in total. The Bertz CT molecular complexity index is 678. The zero-order valence-corrected chi connectivity index (χ0v) is 11.7. The van der Waals surface area contributed by atoms with Crippen molar-refractivity contribution < 1.29 is 0 Å². The molecule has 100 valence electrons. The molecule has 1 aliphatic rings. The molecule has 0 radical (unpaired) electrons. The summed E-state index contributed by atoms with van der Waals surface area (Å²) in [4.78, 5) is 8.44. The van der Waals surface area contributed by atoms with Gasteiger partial charge in [0, 0.05) is 5.25 Å². The molecule has 4 nitrogen and oxygen atoms in total. The van der Waals surface area contributed by atoms with E-state index in [4.69, 9.17) is 11.0 Å². The van der Waals surface area contributed by atoms with Crippen molar-refractivity contribution in [2.45, 2.75) is 29.7 Å². The lowest BCUT2D eigenvalue weighted by molar-refractivity contribution is 0.672. The van der Waals surface area contributed by atoms with Crippen LogP contribution in [0.3, 0.4) is 0 Å². The van der Waals surface area contributed by atoms with Crippen LogP contribution in [0.15, 0.2) is 35.6 Å². The Kier molecular flexibility index (Phi) is 3.57. The van der Waals surface area contributed by atoms with Gasteiger partial charge < -0.3 is 5.73 Å². The van der Waals surface area contributed by atoms with Gasteiger partial charge in [-0.25, -0.2) is 9.97 Å². The van der Waals surface area contributed by atoms with Gasteiger partial charge in [0.15, 0.2) is 5.16 Å². The van der Waals surface area contributed by atoms with E-state index in [1.165, 1.54) is 23.7 Å². The third-order valence-electron chi connectivity index (χ3n) is 3.48. The molecule has 0 fully saturated rings. The molecule has 0 bridgehead atoms. The fourth-order valence-electron chi connectivity index (χ4n) is 2.48. The Labute approximate surface area is 122 Å². The lowest BCUT2D eigenvalue weighted by Crippen LogP contribution is -2.08. The summed E-state index contributed by atoms with van der Waals surface area (Å²) < 4.78 is 0. The van der Waals surface area contributed by atoms with Crippen molar-refractivity contribution >= 4 is 17.6 Å². The summed E-state index contributed by atoms with van der Waals surface area (Å²) >= 11 is 1.63. The number of aryl methyl sites for hydroxylation is 1. The van der Waals surface area contributed by atoms with Crippen molar-refractivity contribution in [3.8, 4) is 6.07 Å². The highest BCUT2D eigenvalue weighted by Gasteiger charge is 2.22. The molecule has 0 aliphatic heterocycles. The molecule has 20 heavy (non-hydrogen) atoms. The molecule has 1 aromatic carbocycles. The van der Waals surface area contributed by atoms with Gasteiger partial charge in [0.05, 0.1) is 6.20 Å². The molecule has 2 aromatic rings. The first kappa shape index (κ1) is 12.9. The minimum absolute atomic E-state index is 0.258. The summed E-state index contributed by atoms with van der Waals surface area (Å²) in [5.74, 6) is 0.258. The first-order valence-corrected chi connectivity index (χ1v) is 7.43. The Hall–Kier alpha value is -2.06. The van der Waals surface area contributed by atoms with E-state index in [0.717, 1.165) is 12.8 Å². The van der Waals surface area contributed by atoms with E-state index in [0.29, 0.717) is 16.0 Å². The third-order valence-corrected chi connectivity index (χ3v) is 4.66. The normalized spacial score (nSPS) is 17.2. The number of benzene rings is 1. The van der Waals surface area contributed by atoms with E-state index < -0.39 is 0 Å². The number of thioether (sulfide) groups is 1. The molecule has 1 atom stereocenters. The number of nitrogens with zero attached hydrogens (tertiary/aromatic N) is 3. The summed E-state index contributed by atoms with van der Waals surface area (Å²) in [7, 11) is 0. The number of hydrogen-bond donors (Lipinski definition) is 1. The summed E-state index contributed by atoms with van der Waals surface area (Å²) in [6, 6.07) is 10.5. The van der Waals surface area contributed by atoms with Crippen LogP contribution in [0.2, 0.25) is 0 Å². The van der Waals surface area contributed by atoms with Gasteiger partial charge in [-0.1, -0.05) is 36.0 Å². The number of hydrogen-bond acceptors (Lipinski definition) is 5. The molecule has 0 saturated carbocycles. The SMILES string of the molecule is N#Cc1cnc(S[C@@H]2CCCc3ccccc32)nc1N. The highest BCUT2D eigenvalue weighted by Crippen LogP contribution is 2.42. The first-order chi connectivity index (χ1) is 9.78. The molecule has 0 amide bonds. The zero-order valence-electron chi connectivity index (χ0n) is 10.9. The van der Waals surface area contributed by atoms with E-state index >= 15 is 0 Å². The Morgan fingerprint density at radius 1 is 1.35 bits per heavy atom. The number of anilines is 1. The van der Waals surface area contributed by atoms with Crippen LogP contribution in [0.1, 0.15) is 34.8 Å². The molecule has 0 unspecified atom stereocenters. The smallest absolute Gasteiger partial charge is 0.190 e. The number of nitrogen functional groups attached to an aromatic ring is 1. The van der Waals surface area contributed by atoms with Gasteiger partial charge in [-0.3, -0.25) is 0 Å². The molecule has 1 heterocycles. The minimum atomic E-state index is 0.258. The second-order valence-corrected chi connectivity index (χ2v) is 5.93. The van der Waals surface area contributed by atoms with Crippen LogP contribution >= 0.6 is 11.8 Å². The third kappa shape index (κ3) is 2.47. The van der Waals surface area contributed by atoms with Gasteiger partial charge in [0.2, 0.25) is 0 Å². The minimum Gasteiger partial charge on any atom is -0.382 e. The molecule has 0 saturated heterocycles. The Balaban J connectivity index is 1.86. The van der Waals surface area contributed by atoms with Crippen molar-refractivity contribution in [1.29, 1.82) is 5.26 Å². The van der Waals surface area contributed by atoms with Gasteiger partial charge in [-0.2, -0.15) is 5.26 Å².